The third-order valence-electron chi connectivity index (χ3n) is 4.83. The molecule has 0 aliphatic rings. The summed E-state index contributed by atoms with van der Waals surface area (Å²) < 4.78 is 10.8. The molecule has 5 heteroatoms. The highest BCUT2D eigenvalue weighted by atomic mass is 127. The number of rotatable bonds is 6. The van der Waals surface area contributed by atoms with Crippen molar-refractivity contribution < 1.29 is 19.1 Å². The van der Waals surface area contributed by atoms with E-state index in [-0.39, 0.29) is 11.9 Å². The molecular weight excluding hydrogens is 455 g/mol. The van der Waals surface area contributed by atoms with E-state index in [1.807, 2.05) is 38.1 Å². The monoisotopic (exact) mass is 480 g/mol. The van der Waals surface area contributed by atoms with Crippen LogP contribution in [-0.4, -0.2) is 26.2 Å². The van der Waals surface area contributed by atoms with Crippen LogP contribution >= 0.6 is 22.6 Å². The van der Waals surface area contributed by atoms with Gasteiger partial charge < -0.3 is 9.47 Å². The first-order chi connectivity index (χ1) is 12.9. The lowest BCUT2D eigenvalue weighted by molar-refractivity contribution is 0.0589. The van der Waals surface area contributed by atoms with Crippen LogP contribution in [0, 0.1) is 17.4 Å². The van der Waals surface area contributed by atoms with Crippen molar-refractivity contribution in [3.63, 3.8) is 0 Å². The molecular formula is C22H25IO4. The molecule has 0 radical (unpaired) electrons. The molecule has 2 rings (SSSR count). The van der Waals surface area contributed by atoms with Crippen LogP contribution in [0.2, 0.25) is 0 Å². The van der Waals surface area contributed by atoms with Gasteiger partial charge in [-0.2, -0.15) is 0 Å². The standard InChI is InChI=1S/C22H25IO4/c1-6-7-8-15-9-10-16(13(2)19(15)21(24)26-4)17-11-12-18(23)20(14(17)3)22(25)27-5/h9-12H,6-8H2,1-5H3. The Bertz CT molecular complexity index is 871. The fourth-order valence-corrected chi connectivity index (χ4v) is 4.15. The Kier molecular flexibility index (Phi) is 7.41. The number of hydrogen-bond donors (Lipinski definition) is 0. The number of aryl methyl sites for hydroxylation is 1. The van der Waals surface area contributed by atoms with Crippen LogP contribution in [-0.2, 0) is 15.9 Å². The molecule has 0 N–H and O–H groups in total. The van der Waals surface area contributed by atoms with E-state index in [0.717, 1.165) is 50.6 Å². The predicted octanol–water partition coefficient (Wildman–Crippen LogP) is 5.49. The van der Waals surface area contributed by atoms with Crippen LogP contribution < -0.4 is 0 Å². The van der Waals surface area contributed by atoms with Crippen LogP contribution in [0.5, 0.6) is 0 Å². The average Bonchev–Trinajstić information content (AvgIpc) is 2.66. The van der Waals surface area contributed by atoms with E-state index in [1.54, 1.807) is 0 Å². The van der Waals surface area contributed by atoms with Gasteiger partial charge in [0.2, 0.25) is 0 Å². The van der Waals surface area contributed by atoms with E-state index in [9.17, 15) is 9.59 Å². The zero-order chi connectivity index (χ0) is 20.1. The Hall–Kier alpha value is -1.89. The van der Waals surface area contributed by atoms with E-state index in [1.165, 1.54) is 14.2 Å². The summed E-state index contributed by atoms with van der Waals surface area (Å²) in [5.74, 6) is -0.680. The Labute approximate surface area is 174 Å². The zero-order valence-electron chi connectivity index (χ0n) is 16.4. The highest BCUT2D eigenvalue weighted by Gasteiger charge is 2.22. The molecule has 0 saturated heterocycles. The molecule has 144 valence electrons. The number of carbonyl (C=O) groups is 2. The summed E-state index contributed by atoms with van der Waals surface area (Å²) in [6, 6.07) is 7.92. The second-order valence-corrected chi connectivity index (χ2v) is 7.62. The number of unbranched alkanes of at least 4 members (excludes halogenated alkanes) is 1. The molecule has 0 aliphatic heterocycles. The van der Waals surface area contributed by atoms with Gasteiger partial charge in [0, 0.05) is 3.57 Å². The minimum Gasteiger partial charge on any atom is -0.465 e. The highest BCUT2D eigenvalue weighted by Crippen LogP contribution is 2.34. The van der Waals surface area contributed by atoms with Crippen LogP contribution in [0.3, 0.4) is 0 Å². The first-order valence-electron chi connectivity index (χ1n) is 8.95. The number of benzene rings is 2. The normalized spacial score (nSPS) is 10.6. The molecule has 0 saturated carbocycles. The first-order valence-corrected chi connectivity index (χ1v) is 10.0. The number of esters is 2. The van der Waals surface area contributed by atoms with E-state index in [0.29, 0.717) is 11.1 Å². The van der Waals surface area contributed by atoms with Crippen molar-refractivity contribution in [1.29, 1.82) is 0 Å². The Morgan fingerprint density at radius 2 is 1.41 bits per heavy atom. The van der Waals surface area contributed by atoms with Gasteiger partial charge in [0.1, 0.15) is 0 Å². The van der Waals surface area contributed by atoms with Crippen molar-refractivity contribution >= 4 is 34.5 Å². The van der Waals surface area contributed by atoms with Crippen LogP contribution in [0.1, 0.15) is 57.2 Å². The fourth-order valence-electron chi connectivity index (χ4n) is 3.34. The van der Waals surface area contributed by atoms with Crippen molar-refractivity contribution in [2.75, 3.05) is 14.2 Å². The lowest BCUT2D eigenvalue weighted by Crippen LogP contribution is -2.11. The highest BCUT2D eigenvalue weighted by molar-refractivity contribution is 14.1. The van der Waals surface area contributed by atoms with Gasteiger partial charge in [0.25, 0.3) is 0 Å². The van der Waals surface area contributed by atoms with Gasteiger partial charge in [0.05, 0.1) is 25.3 Å². The maximum Gasteiger partial charge on any atom is 0.339 e. The third-order valence-corrected chi connectivity index (χ3v) is 5.73. The smallest absolute Gasteiger partial charge is 0.339 e. The minimum atomic E-state index is -0.357. The SMILES string of the molecule is CCCCc1ccc(-c2ccc(I)c(C(=O)OC)c2C)c(C)c1C(=O)OC. The van der Waals surface area contributed by atoms with Crippen molar-refractivity contribution in [2.24, 2.45) is 0 Å². The van der Waals surface area contributed by atoms with Gasteiger partial charge in [-0.05, 0) is 83.2 Å². The number of carbonyl (C=O) groups excluding carboxylic acids is 2. The molecule has 2 aromatic carbocycles. The summed E-state index contributed by atoms with van der Waals surface area (Å²) in [6.07, 6.45) is 2.90. The summed E-state index contributed by atoms with van der Waals surface area (Å²) in [4.78, 5) is 24.7. The Balaban J connectivity index is 2.70. The lowest BCUT2D eigenvalue weighted by Gasteiger charge is -2.18. The van der Waals surface area contributed by atoms with E-state index in [2.05, 4.69) is 29.5 Å². The molecule has 0 bridgehead atoms. The van der Waals surface area contributed by atoms with Gasteiger partial charge in [-0.3, -0.25) is 0 Å². The van der Waals surface area contributed by atoms with Gasteiger partial charge >= 0.3 is 11.9 Å². The second kappa shape index (κ2) is 9.35. The number of methoxy groups -OCH3 is 2. The van der Waals surface area contributed by atoms with E-state index < -0.39 is 0 Å². The van der Waals surface area contributed by atoms with E-state index >= 15 is 0 Å². The van der Waals surface area contributed by atoms with Crippen LogP contribution in [0.25, 0.3) is 11.1 Å². The molecule has 0 heterocycles. The summed E-state index contributed by atoms with van der Waals surface area (Å²) in [5.41, 5.74) is 5.74. The summed E-state index contributed by atoms with van der Waals surface area (Å²) >= 11 is 2.14. The Morgan fingerprint density at radius 3 is 1.96 bits per heavy atom. The maximum atomic E-state index is 12.5. The molecule has 27 heavy (non-hydrogen) atoms. The van der Waals surface area contributed by atoms with Crippen LogP contribution in [0.15, 0.2) is 24.3 Å². The number of ether oxygens (including phenoxy) is 2. The van der Waals surface area contributed by atoms with Crippen LogP contribution in [0.4, 0.5) is 0 Å². The molecule has 0 atom stereocenters. The molecule has 4 nitrogen and oxygen atoms in total. The van der Waals surface area contributed by atoms with Crippen molar-refractivity contribution in [1.82, 2.24) is 0 Å². The van der Waals surface area contributed by atoms with Gasteiger partial charge in [-0.1, -0.05) is 31.5 Å². The summed E-state index contributed by atoms with van der Waals surface area (Å²) in [7, 11) is 2.79. The maximum absolute atomic E-state index is 12.5. The number of hydrogen-bond acceptors (Lipinski definition) is 4. The summed E-state index contributed by atoms with van der Waals surface area (Å²) in [6.45, 7) is 5.97. The van der Waals surface area contributed by atoms with Crippen molar-refractivity contribution in [2.45, 2.75) is 40.0 Å². The van der Waals surface area contributed by atoms with Gasteiger partial charge in [-0.25, -0.2) is 9.59 Å². The quantitative estimate of drug-likeness (QED) is 0.405. The summed E-state index contributed by atoms with van der Waals surface area (Å²) in [5, 5.41) is 0. The van der Waals surface area contributed by atoms with Gasteiger partial charge in [0.15, 0.2) is 0 Å². The fraction of sp³-hybridized carbons (Fsp3) is 0.364. The minimum absolute atomic E-state index is 0.322. The Morgan fingerprint density at radius 1 is 0.889 bits per heavy atom. The van der Waals surface area contributed by atoms with E-state index in [4.69, 9.17) is 9.47 Å². The second-order valence-electron chi connectivity index (χ2n) is 6.45. The lowest BCUT2D eigenvalue weighted by atomic mass is 9.88. The molecule has 0 spiro atoms. The topological polar surface area (TPSA) is 52.6 Å². The molecule has 0 amide bonds. The molecule has 2 aromatic rings. The average molecular weight is 480 g/mol. The molecule has 0 fully saturated rings. The molecule has 0 aliphatic carbocycles. The third kappa shape index (κ3) is 4.34. The van der Waals surface area contributed by atoms with Gasteiger partial charge in [-0.15, -0.1) is 0 Å². The zero-order valence-corrected chi connectivity index (χ0v) is 18.6. The predicted molar refractivity (Wildman–Crippen MR) is 115 cm³/mol. The molecule has 0 aromatic heterocycles. The van der Waals surface area contributed by atoms with Crippen molar-refractivity contribution in [3.05, 3.63) is 55.7 Å². The molecule has 0 unspecified atom stereocenters. The van der Waals surface area contributed by atoms with Crippen molar-refractivity contribution in [3.8, 4) is 11.1 Å². The largest absolute Gasteiger partial charge is 0.465 e. The first kappa shape index (κ1) is 21.4. The number of halogens is 1.